The van der Waals surface area contributed by atoms with Crippen molar-refractivity contribution in [3.05, 3.63) is 162 Å². The van der Waals surface area contributed by atoms with Gasteiger partial charge in [-0.25, -0.2) is 4.98 Å². The van der Waals surface area contributed by atoms with Crippen molar-refractivity contribution in [2.24, 2.45) is 0 Å². The molecule has 0 fully saturated rings. The number of hydrogen-bond donors (Lipinski definition) is 0. The van der Waals surface area contributed by atoms with Gasteiger partial charge in [-0.3, -0.25) is 15.0 Å². The van der Waals surface area contributed by atoms with Gasteiger partial charge in [0.05, 0.1) is 28.3 Å². The maximum atomic E-state index is 7.22. The smallest absolute Gasteiger partial charge is 0.200 e. The fourth-order valence-corrected chi connectivity index (χ4v) is 8.80. The van der Waals surface area contributed by atoms with Gasteiger partial charge in [0.2, 0.25) is 5.89 Å². The number of aryl methyl sites for hydroxylation is 1. The molecule has 11 rings (SSSR count). The third-order valence-electron chi connectivity index (χ3n) is 12.4. The average molecular weight is 1090 g/mol. The minimum atomic E-state index is -2.33. The van der Waals surface area contributed by atoms with Crippen molar-refractivity contribution in [2.75, 3.05) is 0 Å². The van der Waals surface area contributed by atoms with Gasteiger partial charge in [-0.1, -0.05) is 153 Å². The van der Waals surface area contributed by atoms with Crippen molar-refractivity contribution < 1.29 is 33.1 Å². The van der Waals surface area contributed by atoms with E-state index in [2.05, 4.69) is 197 Å². The van der Waals surface area contributed by atoms with Crippen molar-refractivity contribution in [1.82, 2.24) is 34.5 Å². The Morgan fingerprint density at radius 2 is 1.41 bits per heavy atom. The molecule has 1 radical (unpaired) electrons. The van der Waals surface area contributed by atoms with Crippen LogP contribution in [0.1, 0.15) is 114 Å². The molecule has 6 aromatic carbocycles. The number of aromatic nitrogens is 7. The van der Waals surface area contributed by atoms with E-state index in [9.17, 15) is 0 Å². The van der Waals surface area contributed by atoms with Gasteiger partial charge < -0.3 is 23.4 Å². The number of hydrogen-bond acceptors (Lipinski definition) is 8. The number of rotatable bonds is 6. The molecule has 11 aromatic rings. The molecule has 0 spiro atoms. The SMILES string of the molecule is CC(C)c1cc(-c2ccccc2)cc(C(C)C)c1-n1c(-c2[c-]ccc3c2oc2cc4oc(C(C)(C)C)nc4cc23)nc2ccc3ccccc3c21.[2H]C([2H])([2H])c1n[c-]c(-c2nccc(C(C)(C)C)n2)cn1.[Ir]. The van der Waals surface area contributed by atoms with Crippen LogP contribution < -0.4 is 0 Å². The molecule has 9 nitrogen and oxygen atoms in total. The van der Waals surface area contributed by atoms with E-state index < -0.39 is 6.85 Å². The van der Waals surface area contributed by atoms with Crippen molar-refractivity contribution in [1.29, 1.82) is 0 Å². The van der Waals surface area contributed by atoms with Crippen LogP contribution in [0.15, 0.2) is 130 Å². The molecule has 5 aromatic heterocycles. The minimum absolute atomic E-state index is 0. The standard InChI is InChI=1S/C46H40N3O2.C13H15N4.Ir/c1-26(2)34-22-30(28-14-9-8-10-15-28)23-35(27(3)4)41(34)49-42-31-17-12-11-16-29(31)20-21-37(42)47-44(49)33-19-13-18-32-36-24-38-40(25-39(36)50-43(32)33)51-45(48-38)46(5,6)7;1-9-15-7-10(8-16-9)12-14-6-5-11(17-12)13(2,3)4;/h8-18,20-27H,1-7H3;5-7H,1-4H3;/q2*-1;/i;1D3;. The molecule has 0 aliphatic carbocycles. The Hall–Kier alpha value is -6.87. The van der Waals surface area contributed by atoms with Crippen molar-refractivity contribution in [3.8, 4) is 39.6 Å². The Labute approximate surface area is 421 Å². The Balaban J connectivity index is 0.000000257. The molecule has 349 valence electrons. The normalized spacial score (nSPS) is 13.0. The summed E-state index contributed by atoms with van der Waals surface area (Å²) in [4.78, 5) is 26.5. The zero-order chi connectivity index (χ0) is 50.1. The van der Waals surface area contributed by atoms with Crippen molar-refractivity contribution >= 4 is 54.8 Å². The van der Waals surface area contributed by atoms with E-state index >= 15 is 0 Å². The quantitative estimate of drug-likeness (QED) is 0.152. The van der Waals surface area contributed by atoms with Crippen molar-refractivity contribution in [3.63, 3.8) is 0 Å². The van der Waals surface area contributed by atoms with Crippen LogP contribution in [-0.2, 0) is 30.9 Å². The third-order valence-corrected chi connectivity index (χ3v) is 12.4. The van der Waals surface area contributed by atoms with Crippen LogP contribution in [0.5, 0.6) is 0 Å². The van der Waals surface area contributed by atoms with Crippen LogP contribution in [0.4, 0.5) is 0 Å². The zero-order valence-corrected chi connectivity index (χ0v) is 42.9. The summed E-state index contributed by atoms with van der Waals surface area (Å²) in [6.45, 7) is 19.3. The maximum Gasteiger partial charge on any atom is 0.200 e. The molecular weight excluding hydrogens is 1030 g/mol. The first-order chi connectivity index (χ1) is 33.7. The number of nitrogens with zero attached hydrogens (tertiary/aromatic N) is 7. The maximum absolute atomic E-state index is 7.22. The van der Waals surface area contributed by atoms with Crippen LogP contribution in [0.2, 0.25) is 0 Å². The molecule has 0 unspecified atom stereocenters. The summed E-state index contributed by atoms with van der Waals surface area (Å²) in [5, 5.41) is 4.32. The fraction of sp³-hybridized carbons (Fsp3) is 0.254. The second kappa shape index (κ2) is 18.2. The van der Waals surface area contributed by atoms with Crippen LogP contribution >= 0.6 is 0 Å². The summed E-state index contributed by atoms with van der Waals surface area (Å²) in [6, 6.07) is 41.9. The summed E-state index contributed by atoms with van der Waals surface area (Å²) in [5.74, 6) is 2.22. The molecule has 0 saturated heterocycles. The van der Waals surface area contributed by atoms with Crippen molar-refractivity contribution in [2.45, 2.75) is 98.8 Å². The molecule has 0 atom stereocenters. The predicted molar refractivity (Wildman–Crippen MR) is 275 cm³/mol. The van der Waals surface area contributed by atoms with E-state index in [-0.39, 0.29) is 48.6 Å². The second-order valence-electron chi connectivity index (χ2n) is 20.1. The first-order valence-corrected chi connectivity index (χ1v) is 23.2. The summed E-state index contributed by atoms with van der Waals surface area (Å²) >= 11 is 0. The largest absolute Gasteiger partial charge is 0.500 e. The number of furan rings is 1. The summed E-state index contributed by atoms with van der Waals surface area (Å²) in [6.07, 6.45) is 5.69. The predicted octanol–water partition coefficient (Wildman–Crippen LogP) is 15.2. The van der Waals surface area contributed by atoms with Gasteiger partial charge in [0.15, 0.2) is 5.58 Å². The molecule has 0 amide bonds. The number of fused-ring (bicyclic) bond motifs is 7. The molecule has 0 aliphatic heterocycles. The van der Waals surface area contributed by atoms with Gasteiger partial charge in [0, 0.05) is 75.3 Å². The first-order valence-electron chi connectivity index (χ1n) is 24.7. The van der Waals surface area contributed by atoms with Gasteiger partial charge in [0.1, 0.15) is 11.1 Å². The monoisotopic (exact) mass is 1090 g/mol. The molecule has 0 saturated carbocycles. The second-order valence-corrected chi connectivity index (χ2v) is 20.1. The number of benzene rings is 6. The fourth-order valence-electron chi connectivity index (χ4n) is 8.80. The molecule has 10 heteroatoms. The van der Waals surface area contributed by atoms with Gasteiger partial charge in [-0.15, -0.1) is 18.2 Å². The summed E-state index contributed by atoms with van der Waals surface area (Å²) in [5.41, 5.74) is 13.1. The van der Waals surface area contributed by atoms with Gasteiger partial charge in [0.25, 0.3) is 0 Å². The minimum Gasteiger partial charge on any atom is -0.500 e. The number of oxazole rings is 1. The summed E-state index contributed by atoms with van der Waals surface area (Å²) < 4.78 is 37.1. The number of imidazole rings is 1. The van der Waals surface area contributed by atoms with Crippen LogP contribution in [-0.4, -0.2) is 34.5 Å². The molecule has 0 bridgehead atoms. The Morgan fingerprint density at radius 3 is 2.09 bits per heavy atom. The van der Waals surface area contributed by atoms with E-state index in [1.54, 1.807) is 6.20 Å². The average Bonchev–Trinajstić information content (AvgIpc) is 4.06. The third kappa shape index (κ3) is 8.88. The molecule has 5 heterocycles. The Kier molecular flexibility index (Phi) is 11.5. The Bertz CT molecular complexity index is 3760. The van der Waals surface area contributed by atoms with E-state index in [1.165, 1.54) is 39.5 Å². The molecular formula is C59H55IrN7O2-2. The van der Waals surface area contributed by atoms with Gasteiger partial charge >= 0.3 is 0 Å². The van der Waals surface area contributed by atoms with Gasteiger partial charge in [-0.05, 0) is 82.9 Å². The molecule has 0 N–H and O–H groups in total. The molecule has 0 aliphatic rings. The van der Waals surface area contributed by atoms with Gasteiger partial charge in [-0.2, -0.15) is 0 Å². The van der Waals surface area contributed by atoms with E-state index in [4.69, 9.17) is 22.9 Å². The zero-order valence-electron chi connectivity index (χ0n) is 43.5. The van der Waals surface area contributed by atoms with E-state index in [1.807, 2.05) is 18.2 Å². The topological polar surface area (TPSA) is 109 Å². The van der Waals surface area contributed by atoms with Crippen LogP contribution in [0, 0.1) is 19.1 Å². The summed E-state index contributed by atoms with van der Waals surface area (Å²) in [7, 11) is 0. The first kappa shape index (κ1) is 43.4. The van der Waals surface area contributed by atoms with E-state index in [0.29, 0.717) is 17.3 Å². The van der Waals surface area contributed by atoms with Crippen LogP contribution in [0.3, 0.4) is 0 Å². The van der Waals surface area contributed by atoms with E-state index in [0.717, 1.165) is 66.5 Å². The molecule has 69 heavy (non-hydrogen) atoms. The Morgan fingerprint density at radius 1 is 0.667 bits per heavy atom. The van der Waals surface area contributed by atoms with Crippen LogP contribution in [0.25, 0.3) is 94.4 Å².